The van der Waals surface area contributed by atoms with Gasteiger partial charge in [-0.2, -0.15) is 0 Å². The highest BCUT2D eigenvalue weighted by Gasteiger charge is 2.25. The molecule has 1 heterocycles. The molecule has 124 valence electrons. The summed E-state index contributed by atoms with van der Waals surface area (Å²) in [6, 6.07) is 7.30. The van der Waals surface area contributed by atoms with Crippen LogP contribution in [0.5, 0.6) is 0 Å². The fourth-order valence-corrected chi connectivity index (χ4v) is 4.33. The van der Waals surface area contributed by atoms with E-state index in [0.29, 0.717) is 12.1 Å². The Morgan fingerprint density at radius 2 is 2.17 bits per heavy atom. The van der Waals surface area contributed by atoms with Crippen molar-refractivity contribution in [2.75, 3.05) is 6.61 Å². The molecule has 0 amide bonds. The number of thiazole rings is 1. The summed E-state index contributed by atoms with van der Waals surface area (Å²) < 4.78 is 13.1. The van der Waals surface area contributed by atoms with Gasteiger partial charge in [-0.25, -0.2) is 9.37 Å². The summed E-state index contributed by atoms with van der Waals surface area (Å²) in [6.45, 7) is 2.42. The number of aromatic nitrogens is 1. The van der Waals surface area contributed by atoms with E-state index in [1.807, 2.05) is 0 Å². The Morgan fingerprint density at radius 3 is 2.91 bits per heavy atom. The van der Waals surface area contributed by atoms with Crippen LogP contribution in [-0.2, 0) is 6.42 Å². The van der Waals surface area contributed by atoms with Gasteiger partial charge >= 0.3 is 0 Å². The Bertz CT molecular complexity index is 641. The number of hydrogen-bond donors (Lipinski definition) is 2. The van der Waals surface area contributed by atoms with E-state index in [9.17, 15) is 4.39 Å². The van der Waals surface area contributed by atoms with Gasteiger partial charge in [0, 0.05) is 29.1 Å². The van der Waals surface area contributed by atoms with Gasteiger partial charge in [-0.15, -0.1) is 11.3 Å². The summed E-state index contributed by atoms with van der Waals surface area (Å²) in [6.07, 6.45) is 5.10. The van der Waals surface area contributed by atoms with Gasteiger partial charge in [-0.3, -0.25) is 0 Å². The highest BCUT2D eigenvalue weighted by molar-refractivity contribution is 7.15. The van der Waals surface area contributed by atoms with E-state index in [1.165, 1.54) is 22.7 Å². The molecule has 3 rings (SSSR count). The molecule has 1 aromatic heterocycles. The van der Waals surface area contributed by atoms with Crippen LogP contribution in [-0.4, -0.2) is 22.7 Å². The molecule has 2 unspecified atom stereocenters. The summed E-state index contributed by atoms with van der Waals surface area (Å²) in [5.41, 5.74) is 2.17. The van der Waals surface area contributed by atoms with Gasteiger partial charge in [0.2, 0.25) is 0 Å². The fraction of sp³-hybridized carbons (Fsp3) is 0.500. The van der Waals surface area contributed by atoms with E-state index >= 15 is 0 Å². The lowest BCUT2D eigenvalue weighted by Gasteiger charge is -2.26. The van der Waals surface area contributed by atoms with Gasteiger partial charge in [-0.05, 0) is 63.3 Å². The maximum Gasteiger partial charge on any atom is 0.123 e. The van der Waals surface area contributed by atoms with Crippen LogP contribution in [0.4, 0.5) is 4.39 Å². The van der Waals surface area contributed by atoms with E-state index in [2.05, 4.69) is 12.2 Å². The summed E-state index contributed by atoms with van der Waals surface area (Å²) in [5, 5.41) is 13.6. The van der Waals surface area contributed by atoms with Crippen LogP contribution in [0.2, 0.25) is 0 Å². The molecule has 5 heteroatoms. The fourth-order valence-electron chi connectivity index (χ4n) is 3.12. The first-order valence-corrected chi connectivity index (χ1v) is 9.11. The number of aliphatic hydroxyl groups excluding tert-OH is 1. The predicted octanol–water partition coefficient (Wildman–Crippen LogP) is 4.08. The number of nitrogens with one attached hydrogen (secondary N) is 1. The molecule has 2 aromatic rings. The van der Waals surface area contributed by atoms with Crippen molar-refractivity contribution in [1.82, 2.24) is 10.3 Å². The second-order valence-corrected chi connectivity index (χ2v) is 7.25. The highest BCUT2D eigenvalue weighted by atomic mass is 32.1. The third-order valence-corrected chi connectivity index (χ3v) is 5.58. The number of halogens is 1. The quantitative estimate of drug-likeness (QED) is 0.837. The van der Waals surface area contributed by atoms with Crippen LogP contribution in [0.1, 0.15) is 49.2 Å². The molecule has 0 saturated heterocycles. The molecule has 1 aliphatic carbocycles. The van der Waals surface area contributed by atoms with Gasteiger partial charge in [0.1, 0.15) is 10.8 Å². The average Bonchev–Trinajstić information content (AvgIpc) is 2.99. The lowest BCUT2D eigenvalue weighted by Crippen LogP contribution is -2.32. The minimum Gasteiger partial charge on any atom is -0.396 e. The summed E-state index contributed by atoms with van der Waals surface area (Å²) in [5.74, 6) is -0.215. The third-order valence-electron chi connectivity index (χ3n) is 4.32. The Kier molecular flexibility index (Phi) is 5.41. The molecule has 2 atom stereocenters. The van der Waals surface area contributed by atoms with Gasteiger partial charge in [0.05, 0.1) is 5.69 Å². The zero-order chi connectivity index (χ0) is 16.2. The van der Waals surface area contributed by atoms with Crippen LogP contribution >= 0.6 is 11.3 Å². The van der Waals surface area contributed by atoms with E-state index in [4.69, 9.17) is 10.1 Å². The van der Waals surface area contributed by atoms with Crippen molar-refractivity contribution in [2.45, 2.75) is 51.1 Å². The van der Waals surface area contributed by atoms with Crippen molar-refractivity contribution in [1.29, 1.82) is 0 Å². The molecule has 3 nitrogen and oxygen atoms in total. The zero-order valence-corrected chi connectivity index (χ0v) is 14.2. The van der Waals surface area contributed by atoms with E-state index < -0.39 is 0 Å². The SMILES string of the molecule is CC(CCCO)NC1CCCc2nc(-c3ccc(F)cc3)sc21. The number of nitrogens with zero attached hydrogens (tertiary/aromatic N) is 1. The maximum absolute atomic E-state index is 13.1. The molecule has 0 fully saturated rings. The third kappa shape index (κ3) is 3.97. The molecule has 0 bridgehead atoms. The first-order chi connectivity index (χ1) is 11.2. The number of aliphatic hydroxyl groups is 1. The molecule has 0 radical (unpaired) electrons. The minimum absolute atomic E-state index is 0.215. The average molecular weight is 334 g/mol. The number of benzene rings is 1. The van der Waals surface area contributed by atoms with E-state index in [0.717, 1.165) is 42.7 Å². The first kappa shape index (κ1) is 16.6. The number of fused-ring (bicyclic) bond motifs is 1. The molecule has 23 heavy (non-hydrogen) atoms. The molecule has 0 spiro atoms. The minimum atomic E-state index is -0.215. The predicted molar refractivity (Wildman–Crippen MR) is 92.1 cm³/mol. The largest absolute Gasteiger partial charge is 0.396 e. The second kappa shape index (κ2) is 7.51. The Balaban J connectivity index is 1.77. The zero-order valence-electron chi connectivity index (χ0n) is 13.4. The van der Waals surface area contributed by atoms with E-state index in [-0.39, 0.29) is 12.4 Å². The van der Waals surface area contributed by atoms with Crippen molar-refractivity contribution in [2.24, 2.45) is 0 Å². The van der Waals surface area contributed by atoms with Crippen LogP contribution in [0.25, 0.3) is 10.6 Å². The van der Waals surface area contributed by atoms with Crippen molar-refractivity contribution in [3.8, 4) is 10.6 Å². The molecular formula is C18H23FN2OS. The van der Waals surface area contributed by atoms with Gasteiger partial charge in [0.15, 0.2) is 0 Å². The van der Waals surface area contributed by atoms with Crippen LogP contribution in [0.15, 0.2) is 24.3 Å². The summed E-state index contributed by atoms with van der Waals surface area (Å²) >= 11 is 1.72. The number of aryl methyl sites for hydroxylation is 1. The highest BCUT2D eigenvalue weighted by Crippen LogP contribution is 2.38. The monoisotopic (exact) mass is 334 g/mol. The molecule has 1 aliphatic rings. The first-order valence-electron chi connectivity index (χ1n) is 8.30. The van der Waals surface area contributed by atoms with Crippen molar-refractivity contribution in [3.63, 3.8) is 0 Å². The van der Waals surface area contributed by atoms with Crippen LogP contribution in [0.3, 0.4) is 0 Å². The molecular weight excluding hydrogens is 311 g/mol. The topological polar surface area (TPSA) is 45.1 Å². The number of rotatable bonds is 6. The summed E-state index contributed by atoms with van der Waals surface area (Å²) in [7, 11) is 0. The normalized spacial score (nSPS) is 18.7. The molecule has 1 aromatic carbocycles. The van der Waals surface area contributed by atoms with Crippen LogP contribution < -0.4 is 5.32 Å². The summed E-state index contributed by atoms with van der Waals surface area (Å²) in [4.78, 5) is 6.11. The lowest BCUT2D eigenvalue weighted by molar-refractivity contribution is 0.272. The Hall–Kier alpha value is -1.30. The van der Waals surface area contributed by atoms with Crippen molar-refractivity contribution in [3.05, 3.63) is 40.7 Å². The standard InChI is InChI=1S/C18H23FN2OS/c1-12(4-3-11-22)20-15-5-2-6-16-17(15)23-18(21-16)13-7-9-14(19)10-8-13/h7-10,12,15,20,22H,2-6,11H2,1H3. The van der Waals surface area contributed by atoms with Gasteiger partial charge in [0.25, 0.3) is 0 Å². The van der Waals surface area contributed by atoms with E-state index in [1.54, 1.807) is 23.5 Å². The lowest BCUT2D eigenvalue weighted by atomic mass is 9.97. The smallest absolute Gasteiger partial charge is 0.123 e. The van der Waals surface area contributed by atoms with Crippen molar-refractivity contribution < 1.29 is 9.50 Å². The molecule has 2 N–H and O–H groups in total. The number of hydrogen-bond acceptors (Lipinski definition) is 4. The maximum atomic E-state index is 13.1. The molecule has 0 saturated carbocycles. The van der Waals surface area contributed by atoms with Crippen molar-refractivity contribution >= 4 is 11.3 Å². The second-order valence-electron chi connectivity index (χ2n) is 6.22. The molecule has 0 aliphatic heterocycles. The Morgan fingerprint density at radius 1 is 1.39 bits per heavy atom. The Labute approximate surface area is 140 Å². The van der Waals surface area contributed by atoms with Gasteiger partial charge in [-0.1, -0.05) is 0 Å². The van der Waals surface area contributed by atoms with Crippen LogP contribution in [0, 0.1) is 5.82 Å². The van der Waals surface area contributed by atoms with Gasteiger partial charge < -0.3 is 10.4 Å².